The summed E-state index contributed by atoms with van der Waals surface area (Å²) in [6, 6.07) is 8.77. The zero-order valence-corrected chi connectivity index (χ0v) is 13.4. The average molecular weight is 298 g/mol. The van der Waals surface area contributed by atoms with Crippen molar-refractivity contribution in [3.8, 4) is 5.69 Å². The molecule has 10 heteroatoms. The molecule has 90 valence electrons. The third kappa shape index (κ3) is 4.67. The van der Waals surface area contributed by atoms with Gasteiger partial charge in [0.05, 0.1) is 5.69 Å². The first-order chi connectivity index (χ1) is 8.06. The molecular formula is C8H7BF3KN4S. The molecule has 0 saturated carbocycles. The summed E-state index contributed by atoms with van der Waals surface area (Å²) >= 11 is 0.585. The van der Waals surface area contributed by atoms with Crippen LogP contribution in [0.4, 0.5) is 12.9 Å². The molecule has 0 aliphatic carbocycles. The Balaban J connectivity index is 0.00000162. The predicted octanol–water partition coefficient (Wildman–Crippen LogP) is -0.855. The molecule has 2 aromatic rings. The minimum Gasteiger partial charge on any atom is -0.448 e. The van der Waals surface area contributed by atoms with Gasteiger partial charge in [-0.25, -0.2) is 0 Å². The topological polar surface area (TPSA) is 43.6 Å². The Morgan fingerprint density at radius 3 is 2.44 bits per heavy atom. The van der Waals surface area contributed by atoms with Crippen LogP contribution in [0.25, 0.3) is 5.69 Å². The van der Waals surface area contributed by atoms with Crippen molar-refractivity contribution in [1.82, 2.24) is 20.2 Å². The number of hydrogen-bond donors (Lipinski definition) is 0. The third-order valence-corrected chi connectivity index (χ3v) is 2.90. The molecule has 0 unspecified atom stereocenters. The van der Waals surface area contributed by atoms with Gasteiger partial charge in [0.2, 0.25) is 5.16 Å². The Hall–Kier alpha value is 0.131. The molecule has 4 nitrogen and oxygen atoms in total. The number of nitrogens with zero attached hydrogens (tertiary/aromatic N) is 4. The molecule has 0 fully saturated rings. The molecule has 2 rings (SSSR count). The summed E-state index contributed by atoms with van der Waals surface area (Å²) in [6.07, 6.45) is 0. The smallest absolute Gasteiger partial charge is 0.448 e. The maximum Gasteiger partial charge on any atom is 1.00 e. The van der Waals surface area contributed by atoms with Crippen LogP contribution in [0.5, 0.6) is 0 Å². The number of benzene rings is 1. The van der Waals surface area contributed by atoms with E-state index < -0.39 is 12.6 Å². The molecule has 1 aromatic heterocycles. The van der Waals surface area contributed by atoms with Gasteiger partial charge in [-0.3, -0.25) is 0 Å². The first-order valence-electron chi connectivity index (χ1n) is 4.74. The molecule has 0 atom stereocenters. The summed E-state index contributed by atoms with van der Waals surface area (Å²) in [5.74, 6) is 0. The minimum absolute atomic E-state index is 0. The van der Waals surface area contributed by atoms with Crippen LogP contribution in [0.1, 0.15) is 0 Å². The quantitative estimate of drug-likeness (QED) is 0.544. The van der Waals surface area contributed by atoms with Gasteiger partial charge in [-0.15, -0.1) is 16.9 Å². The molecule has 1 heterocycles. The van der Waals surface area contributed by atoms with Gasteiger partial charge in [0.25, 0.3) is 0 Å². The molecule has 0 aliphatic heterocycles. The summed E-state index contributed by atoms with van der Waals surface area (Å²) in [4.78, 5) is 0. The molecule has 0 spiro atoms. The van der Waals surface area contributed by atoms with E-state index in [9.17, 15) is 12.9 Å². The van der Waals surface area contributed by atoms with Gasteiger partial charge in [0, 0.05) is 0 Å². The minimum atomic E-state index is -4.84. The SMILES string of the molecule is F[B-](F)(F)CSc1nnnn1-c1ccccc1.[K+]. The van der Waals surface area contributed by atoms with Crippen LogP contribution in [0, 0.1) is 0 Å². The number of tetrazole rings is 1. The largest absolute Gasteiger partial charge is 1.00 e. The second-order valence-electron chi connectivity index (χ2n) is 3.23. The first-order valence-corrected chi connectivity index (χ1v) is 5.72. The second kappa shape index (κ2) is 7.06. The fourth-order valence-electron chi connectivity index (χ4n) is 1.17. The van der Waals surface area contributed by atoms with Crippen LogP contribution in [0.15, 0.2) is 35.5 Å². The zero-order chi connectivity index (χ0) is 12.3. The predicted molar refractivity (Wildman–Crippen MR) is 59.0 cm³/mol. The van der Waals surface area contributed by atoms with Gasteiger partial charge in [0.15, 0.2) is 0 Å². The van der Waals surface area contributed by atoms with E-state index >= 15 is 0 Å². The van der Waals surface area contributed by atoms with Crippen molar-refractivity contribution in [3.05, 3.63) is 30.3 Å². The van der Waals surface area contributed by atoms with E-state index in [1.165, 1.54) is 4.68 Å². The number of halogens is 3. The summed E-state index contributed by atoms with van der Waals surface area (Å²) in [5, 5.41) is 10.7. The normalized spacial score (nSPS) is 11.1. The van der Waals surface area contributed by atoms with Crippen LogP contribution in [-0.2, 0) is 0 Å². The van der Waals surface area contributed by atoms with E-state index in [4.69, 9.17) is 0 Å². The van der Waals surface area contributed by atoms with Gasteiger partial charge in [-0.05, 0) is 28.2 Å². The van der Waals surface area contributed by atoms with E-state index in [0.29, 0.717) is 17.4 Å². The Morgan fingerprint density at radius 2 is 1.83 bits per heavy atom. The van der Waals surface area contributed by atoms with Gasteiger partial charge >= 0.3 is 58.4 Å². The van der Waals surface area contributed by atoms with E-state index in [0.717, 1.165) is 0 Å². The molecule has 1 aromatic carbocycles. The van der Waals surface area contributed by atoms with Gasteiger partial charge in [0.1, 0.15) is 0 Å². The summed E-state index contributed by atoms with van der Waals surface area (Å²) in [6.45, 7) is -4.84. The summed E-state index contributed by atoms with van der Waals surface area (Å²) in [5.41, 5.74) is -0.317. The fraction of sp³-hybridized carbons (Fsp3) is 0.125. The van der Waals surface area contributed by atoms with Crippen LogP contribution in [-0.4, -0.2) is 32.8 Å². The van der Waals surface area contributed by atoms with Crippen LogP contribution >= 0.6 is 11.8 Å². The van der Waals surface area contributed by atoms with Gasteiger partial charge in [-0.1, -0.05) is 18.2 Å². The molecule has 0 aliphatic rings. The third-order valence-electron chi connectivity index (χ3n) is 1.84. The number of rotatable bonds is 4. The molecule has 0 N–H and O–H groups in total. The molecule has 0 radical (unpaired) electrons. The van der Waals surface area contributed by atoms with E-state index in [1.807, 2.05) is 0 Å². The van der Waals surface area contributed by atoms with E-state index in [1.54, 1.807) is 30.3 Å². The molecule has 18 heavy (non-hydrogen) atoms. The number of hydrogen-bond acceptors (Lipinski definition) is 4. The van der Waals surface area contributed by atoms with Crippen molar-refractivity contribution in [3.63, 3.8) is 0 Å². The molecule has 0 saturated heterocycles. The van der Waals surface area contributed by atoms with Crippen molar-refractivity contribution < 1.29 is 64.3 Å². The van der Waals surface area contributed by atoms with Crippen molar-refractivity contribution in [2.75, 3.05) is 5.65 Å². The number of aromatic nitrogens is 4. The Morgan fingerprint density at radius 1 is 1.17 bits per heavy atom. The van der Waals surface area contributed by atoms with E-state index in [-0.39, 0.29) is 56.5 Å². The zero-order valence-electron chi connectivity index (χ0n) is 9.50. The monoisotopic (exact) mass is 298 g/mol. The van der Waals surface area contributed by atoms with Crippen LogP contribution in [0.2, 0.25) is 0 Å². The molecular weight excluding hydrogens is 291 g/mol. The van der Waals surface area contributed by atoms with Gasteiger partial charge in [-0.2, -0.15) is 4.68 Å². The van der Waals surface area contributed by atoms with Crippen molar-refractivity contribution >= 4 is 18.7 Å². The van der Waals surface area contributed by atoms with Gasteiger partial charge < -0.3 is 12.9 Å². The summed E-state index contributed by atoms with van der Waals surface area (Å²) in [7, 11) is 0. The second-order valence-corrected chi connectivity index (χ2v) is 4.22. The number of thioether (sulfide) groups is 1. The maximum absolute atomic E-state index is 12.1. The Kier molecular flexibility index (Phi) is 6.35. The first kappa shape index (κ1) is 16.2. The Labute approximate surface area is 148 Å². The molecule has 0 amide bonds. The number of para-hydroxylation sites is 1. The van der Waals surface area contributed by atoms with Crippen LogP contribution < -0.4 is 51.4 Å². The summed E-state index contributed by atoms with van der Waals surface area (Å²) < 4.78 is 37.7. The fourth-order valence-corrected chi connectivity index (χ4v) is 1.87. The van der Waals surface area contributed by atoms with E-state index in [2.05, 4.69) is 15.5 Å². The van der Waals surface area contributed by atoms with Crippen LogP contribution in [0.3, 0.4) is 0 Å². The van der Waals surface area contributed by atoms with Crippen molar-refractivity contribution in [1.29, 1.82) is 0 Å². The average Bonchev–Trinajstić information content (AvgIpc) is 2.75. The van der Waals surface area contributed by atoms with Crippen molar-refractivity contribution in [2.45, 2.75) is 5.16 Å². The molecule has 0 bridgehead atoms. The standard InChI is InChI=1S/C8H7BF3N4S.K/c10-9(11,12)6-17-8-13-14-15-16(8)7-4-2-1-3-5-7;/h1-5H,6H2;/q-1;+1. The Bertz CT molecular complexity index is 493. The maximum atomic E-state index is 12.1. The van der Waals surface area contributed by atoms with Crippen molar-refractivity contribution in [2.24, 2.45) is 0 Å².